The van der Waals surface area contributed by atoms with Crippen molar-refractivity contribution in [2.45, 2.75) is 69.9 Å². The Kier molecular flexibility index (Phi) is 11.6. The van der Waals surface area contributed by atoms with E-state index in [4.69, 9.17) is 9.84 Å². The molecule has 2 amide bonds. The molecule has 0 bridgehead atoms. The molecule has 16 heteroatoms. The van der Waals surface area contributed by atoms with E-state index in [1.807, 2.05) is 24.4 Å². The molecule has 2 aromatic carbocycles. The Balaban J connectivity index is 0.797. The zero-order valence-electron chi connectivity index (χ0n) is 34.4. The lowest BCUT2D eigenvalue weighted by Gasteiger charge is -2.38. The molecule has 61 heavy (non-hydrogen) atoms. The normalized spacial score (nSPS) is 19.4. The van der Waals surface area contributed by atoms with Gasteiger partial charge in [0.15, 0.2) is 5.65 Å². The highest BCUT2D eigenvalue weighted by Crippen LogP contribution is 2.36. The Morgan fingerprint density at radius 1 is 0.885 bits per heavy atom. The van der Waals surface area contributed by atoms with Crippen molar-refractivity contribution in [3.05, 3.63) is 83.7 Å². The topological polar surface area (TPSA) is 171 Å². The number of rotatable bonds is 10. The average molecular weight is 826 g/mol. The molecule has 316 valence electrons. The van der Waals surface area contributed by atoms with Gasteiger partial charge in [-0.3, -0.25) is 18.7 Å². The van der Waals surface area contributed by atoms with E-state index in [2.05, 4.69) is 63.9 Å². The lowest BCUT2D eigenvalue weighted by atomic mass is 9.94. The van der Waals surface area contributed by atoms with Gasteiger partial charge in [0.2, 0.25) is 0 Å². The lowest BCUT2D eigenvalue weighted by Crippen LogP contribution is -2.43. The van der Waals surface area contributed by atoms with Crippen molar-refractivity contribution in [3.63, 3.8) is 0 Å². The summed E-state index contributed by atoms with van der Waals surface area (Å²) < 4.78 is 9.56. The predicted molar refractivity (Wildman–Crippen MR) is 231 cm³/mol. The molecular formula is C45H51N11O5. The maximum absolute atomic E-state index is 13.7. The number of carbonyl (C=O) groups excluding carboxylic acids is 4. The molecule has 3 N–H and O–H groups in total. The molecule has 0 spiro atoms. The summed E-state index contributed by atoms with van der Waals surface area (Å²) >= 11 is 0. The number of anilines is 3. The quantitative estimate of drug-likeness (QED) is 0.165. The number of nitrogens with one attached hydrogen (secondary N) is 3. The SMILES string of the molecule is COc1cc(N2CCC(CN3CCC(n4cc5cc(NC(=O)c6cccn7cnnc67)c(N6CCCCC6)cc5n4)CC3)CC2)ccc1C(=O)N[C@@H]1CCC(=C=O)NC1=C=O. The summed E-state index contributed by atoms with van der Waals surface area (Å²) in [6.45, 7) is 6.85. The van der Waals surface area contributed by atoms with Gasteiger partial charge in [0.25, 0.3) is 11.8 Å². The van der Waals surface area contributed by atoms with Crippen molar-refractivity contribution in [2.24, 2.45) is 5.92 Å². The molecule has 7 heterocycles. The number of aromatic nitrogens is 5. The van der Waals surface area contributed by atoms with Gasteiger partial charge in [0.1, 0.15) is 35.4 Å². The van der Waals surface area contributed by atoms with Crippen LogP contribution in [0.25, 0.3) is 16.6 Å². The van der Waals surface area contributed by atoms with Crippen LogP contribution in [0.4, 0.5) is 17.1 Å². The third kappa shape index (κ3) is 8.47. The van der Waals surface area contributed by atoms with Crippen LogP contribution < -0.4 is 30.5 Å². The first-order chi connectivity index (χ1) is 29.9. The number of hydrogen-bond donors (Lipinski definition) is 3. The number of amides is 2. The van der Waals surface area contributed by atoms with E-state index in [0.29, 0.717) is 47.3 Å². The van der Waals surface area contributed by atoms with Gasteiger partial charge in [-0.2, -0.15) is 5.10 Å². The number of pyridine rings is 1. The molecule has 1 atom stereocenters. The van der Waals surface area contributed by atoms with Crippen LogP contribution in [-0.4, -0.2) is 112 Å². The fourth-order valence-corrected chi connectivity index (χ4v) is 9.45. The fraction of sp³-hybridized carbons (Fsp3) is 0.444. The molecule has 0 saturated carbocycles. The molecule has 4 saturated heterocycles. The summed E-state index contributed by atoms with van der Waals surface area (Å²) in [5.74, 6) is 4.08. The summed E-state index contributed by atoms with van der Waals surface area (Å²) in [4.78, 5) is 56.8. The molecule has 4 fully saturated rings. The van der Waals surface area contributed by atoms with Crippen molar-refractivity contribution in [1.29, 1.82) is 0 Å². The smallest absolute Gasteiger partial charge is 0.259 e. The first kappa shape index (κ1) is 40.0. The number of likely N-dealkylation sites (tertiary alicyclic amines) is 1. The number of benzene rings is 2. The first-order valence-corrected chi connectivity index (χ1v) is 21.5. The minimum atomic E-state index is -0.579. The van der Waals surface area contributed by atoms with E-state index in [-0.39, 0.29) is 23.2 Å². The summed E-state index contributed by atoms with van der Waals surface area (Å²) in [5.41, 5.74) is 5.52. The van der Waals surface area contributed by atoms with Crippen molar-refractivity contribution in [3.8, 4) is 5.75 Å². The number of nitrogens with zero attached hydrogens (tertiary/aromatic N) is 8. The average Bonchev–Trinajstić information content (AvgIpc) is 3.97. The molecule has 16 nitrogen and oxygen atoms in total. The highest BCUT2D eigenvalue weighted by molar-refractivity contribution is 6.10. The fourth-order valence-electron chi connectivity index (χ4n) is 9.45. The van der Waals surface area contributed by atoms with E-state index >= 15 is 0 Å². The van der Waals surface area contributed by atoms with Gasteiger partial charge in [-0.05, 0) is 93.7 Å². The zero-order chi connectivity index (χ0) is 41.9. The second-order valence-corrected chi connectivity index (χ2v) is 16.7. The molecule has 0 unspecified atom stereocenters. The van der Waals surface area contributed by atoms with Crippen LogP contribution in [0.2, 0.25) is 0 Å². The number of piperidine rings is 4. The Labute approximate surface area is 353 Å². The number of allylic oxidation sites excluding steroid dienone is 1. The van der Waals surface area contributed by atoms with Crippen LogP contribution in [0, 0.1) is 5.92 Å². The van der Waals surface area contributed by atoms with Gasteiger partial charge in [0.05, 0.1) is 47.2 Å². The zero-order valence-corrected chi connectivity index (χ0v) is 34.4. The summed E-state index contributed by atoms with van der Waals surface area (Å²) in [6.07, 6.45) is 14.0. The van der Waals surface area contributed by atoms with Gasteiger partial charge in [-0.1, -0.05) is 0 Å². The number of fused-ring (bicyclic) bond motifs is 2. The molecule has 0 radical (unpaired) electrons. The van der Waals surface area contributed by atoms with Gasteiger partial charge in [-0.25, -0.2) is 9.59 Å². The monoisotopic (exact) mass is 825 g/mol. The third-order valence-electron chi connectivity index (χ3n) is 12.9. The molecule has 3 aromatic heterocycles. The highest BCUT2D eigenvalue weighted by Gasteiger charge is 2.29. The second-order valence-electron chi connectivity index (χ2n) is 16.7. The predicted octanol–water partition coefficient (Wildman–Crippen LogP) is 4.80. The van der Waals surface area contributed by atoms with Gasteiger partial charge in [0, 0.05) is 81.8 Å². The Bertz CT molecular complexity index is 2530. The molecular weight excluding hydrogens is 775 g/mol. The Hall–Kier alpha value is -6.47. The Morgan fingerprint density at radius 2 is 1.70 bits per heavy atom. The summed E-state index contributed by atoms with van der Waals surface area (Å²) in [5, 5.41) is 23.1. The number of hydrogen-bond acceptors (Lipinski definition) is 12. The minimum absolute atomic E-state index is 0.118. The van der Waals surface area contributed by atoms with Gasteiger partial charge in [-0.15, -0.1) is 10.2 Å². The van der Waals surface area contributed by atoms with Crippen LogP contribution in [-0.2, 0) is 9.59 Å². The Morgan fingerprint density at radius 3 is 2.48 bits per heavy atom. The third-order valence-corrected chi connectivity index (χ3v) is 12.9. The summed E-state index contributed by atoms with van der Waals surface area (Å²) in [6, 6.07) is 13.2. The van der Waals surface area contributed by atoms with Crippen LogP contribution >= 0.6 is 0 Å². The van der Waals surface area contributed by atoms with Crippen molar-refractivity contribution < 1.29 is 23.9 Å². The number of ether oxygens (including phenoxy) is 1. The molecule has 4 aliphatic rings. The molecule has 0 aliphatic carbocycles. The maximum Gasteiger partial charge on any atom is 0.259 e. The second kappa shape index (κ2) is 17.6. The van der Waals surface area contributed by atoms with E-state index in [1.54, 1.807) is 41.9 Å². The largest absolute Gasteiger partial charge is 0.496 e. The number of carbonyl (C=O) groups is 2. The lowest BCUT2D eigenvalue weighted by molar-refractivity contribution is 0.0935. The van der Waals surface area contributed by atoms with Gasteiger partial charge >= 0.3 is 0 Å². The van der Waals surface area contributed by atoms with E-state index in [0.717, 1.165) is 112 Å². The van der Waals surface area contributed by atoms with Crippen molar-refractivity contribution >= 4 is 57.3 Å². The molecule has 9 rings (SSSR count). The standard InChI is InChI=1S/C45H51N11O5/c1-61-42-23-34(8-9-35(42)44(59)48-37-10-7-32(27-57)47-40(37)28-58)53-20-11-30(12-21-53)25-52-18-13-33(14-19-52)56-26-31-22-39(41(24-38(31)51-56)54-15-3-2-4-16-54)49-45(60)36-6-5-17-55-29-46-50-43(36)55/h5-6,8-9,17,22-24,26,29-30,33,37,47H,2-4,7,10-16,18-21,25H2,1H3,(H,48,59)(H,49,60)/t37-/m1/s1. The van der Waals surface area contributed by atoms with E-state index < -0.39 is 6.04 Å². The van der Waals surface area contributed by atoms with Crippen LogP contribution in [0.1, 0.15) is 84.5 Å². The van der Waals surface area contributed by atoms with Crippen LogP contribution in [0.3, 0.4) is 0 Å². The maximum atomic E-state index is 13.7. The van der Waals surface area contributed by atoms with Crippen LogP contribution in [0.15, 0.2) is 72.6 Å². The van der Waals surface area contributed by atoms with Crippen LogP contribution in [0.5, 0.6) is 5.75 Å². The number of methoxy groups -OCH3 is 1. The van der Waals surface area contributed by atoms with Crippen molar-refractivity contribution in [2.75, 3.05) is 68.0 Å². The van der Waals surface area contributed by atoms with Gasteiger partial charge < -0.3 is 35.4 Å². The highest BCUT2D eigenvalue weighted by atomic mass is 16.5. The van der Waals surface area contributed by atoms with E-state index in [9.17, 15) is 19.2 Å². The minimum Gasteiger partial charge on any atom is -0.496 e. The summed E-state index contributed by atoms with van der Waals surface area (Å²) in [7, 11) is 1.55. The van der Waals surface area contributed by atoms with Crippen molar-refractivity contribution in [1.82, 2.24) is 39.9 Å². The molecule has 4 aliphatic heterocycles. The van der Waals surface area contributed by atoms with E-state index in [1.165, 1.54) is 6.42 Å². The first-order valence-electron chi connectivity index (χ1n) is 21.5. The molecule has 5 aromatic rings.